The third-order valence-electron chi connectivity index (χ3n) is 1.52. The first-order chi connectivity index (χ1) is 7.45. The second-order valence-corrected chi connectivity index (χ2v) is 2.39. The van der Waals surface area contributed by atoms with Gasteiger partial charge in [-0.1, -0.05) is 0 Å². The van der Waals surface area contributed by atoms with Crippen LogP contribution in [0, 0.1) is 0 Å². The average molecular weight is 673 g/mol. The molecule has 0 unspecified atom stereocenters. The molecule has 10 N–H and O–H groups in total. The maximum atomic E-state index is 4.61. The smallest absolute Gasteiger partial charge is 0.0522 e. The quantitative estimate of drug-likeness (QED) is 0.456. The molecule has 0 spiro atoms. The van der Waals surface area contributed by atoms with Gasteiger partial charge in [0, 0.05) is 18.8 Å². The van der Waals surface area contributed by atoms with Gasteiger partial charge in [0.2, 0.25) is 0 Å². The molecule has 8 nitrogen and oxygen atoms in total. The molecule has 0 amide bonds. The molecule has 122 valence electrons. The van der Waals surface area contributed by atoms with E-state index in [-0.39, 0.29) is 24.6 Å². The van der Waals surface area contributed by atoms with E-state index >= 15 is 0 Å². The van der Waals surface area contributed by atoms with Crippen molar-refractivity contribution in [3.63, 3.8) is 0 Å². The molecule has 2 aromatic heterocycles. The molecule has 0 aromatic carbocycles. The number of hydrogen-bond donors (Lipinski definition) is 2. The van der Waals surface area contributed by atoms with Gasteiger partial charge in [0.05, 0.1) is 12.4 Å². The third kappa shape index (κ3) is 14.4. The first-order valence-corrected chi connectivity index (χ1v) is 9.27. The Morgan fingerprint density at radius 1 is 0.789 bits per heavy atom. The molecule has 0 aliphatic carbocycles. The van der Waals surface area contributed by atoms with Crippen molar-refractivity contribution in [3.05, 3.63) is 60.5 Å². The van der Waals surface area contributed by atoms with Crippen molar-refractivity contribution < 1.29 is 37.5 Å². The van der Waals surface area contributed by atoms with Crippen LogP contribution in [0.1, 0.15) is 11.1 Å². The normalized spacial score (nSPS) is 6.63. The molecule has 2 rings (SSSR count). The van der Waals surface area contributed by atoms with Gasteiger partial charge in [0.1, 0.15) is 0 Å². The number of nitrogens with one attached hydrogen (secondary N) is 2. The van der Waals surface area contributed by atoms with E-state index < -0.39 is 0 Å². The Bertz CT molecular complexity index is 285. The van der Waals surface area contributed by atoms with Crippen LogP contribution in [0.15, 0.2) is 24.8 Å². The SMILES string of the molecule is [Cl][Pt].[Cl][Pt].[NH2-].[NH2-].[NH2-].[NH2-].c1n[nH]cc1Cc1cn[nH]c1. The molecular weight excluding hydrogens is 657 g/mol. The van der Waals surface area contributed by atoms with Crippen LogP contribution < -0.4 is 0 Å². The predicted octanol–water partition coefficient (Wildman–Crippen LogP) is 4.97. The molecule has 0 aliphatic rings. The van der Waals surface area contributed by atoms with Crippen LogP contribution in [0.4, 0.5) is 0 Å². The summed E-state index contributed by atoms with van der Waals surface area (Å²) in [6.07, 6.45) is 8.27. The summed E-state index contributed by atoms with van der Waals surface area (Å²) in [6, 6.07) is 0. The number of aromatic amines is 2. The number of rotatable bonds is 2. The molecule has 0 atom stereocenters. The molecule has 0 saturated heterocycles. The van der Waals surface area contributed by atoms with E-state index in [1.807, 2.05) is 24.8 Å². The maximum absolute atomic E-state index is 4.61. The monoisotopic (exact) mass is 672 g/mol. The molecule has 2 aromatic rings. The minimum absolute atomic E-state index is 0. The largest absolute Gasteiger partial charge is 0.693 e. The molecule has 0 bridgehead atoms. The summed E-state index contributed by atoms with van der Waals surface area (Å²) < 4.78 is 0. The van der Waals surface area contributed by atoms with Crippen LogP contribution in [0.5, 0.6) is 0 Å². The van der Waals surface area contributed by atoms with Crippen molar-refractivity contribution in [2.24, 2.45) is 0 Å². The summed E-state index contributed by atoms with van der Waals surface area (Å²) in [5.74, 6) is 0. The predicted molar refractivity (Wildman–Crippen MR) is 72.8 cm³/mol. The van der Waals surface area contributed by atoms with Crippen LogP contribution in [0.2, 0.25) is 0 Å². The van der Waals surface area contributed by atoms with E-state index in [0.29, 0.717) is 0 Å². The van der Waals surface area contributed by atoms with E-state index in [1.54, 1.807) is 37.5 Å². The van der Waals surface area contributed by atoms with Crippen molar-refractivity contribution in [1.29, 1.82) is 0 Å². The standard InChI is InChI=1S/C7H8N4.2ClH.4H2N.2Pt/c1(6-2-8-9-3-6)7-4-10-11-5-7;;;;;;;;/h2-5H,1H2,(H,8,9)(H,10,11);2*1H;4*1H2;;/q;;;4*-1;2*+1/p-2. The van der Waals surface area contributed by atoms with Crippen molar-refractivity contribution in [2.45, 2.75) is 6.42 Å². The van der Waals surface area contributed by atoms with Gasteiger partial charge in [-0.15, -0.1) is 0 Å². The van der Waals surface area contributed by atoms with Crippen LogP contribution in [0.25, 0.3) is 24.6 Å². The van der Waals surface area contributed by atoms with Crippen LogP contribution in [0.3, 0.4) is 0 Å². The van der Waals surface area contributed by atoms with Gasteiger partial charge in [-0.2, -0.15) is 10.2 Å². The Hall–Kier alpha value is 0.217. The van der Waals surface area contributed by atoms with Crippen molar-refractivity contribution in [2.75, 3.05) is 0 Å². The Kier molecular flexibility index (Phi) is 38.7. The molecular formula is C7H16Cl2N8Pt2-4. The summed E-state index contributed by atoms with van der Waals surface area (Å²) in [4.78, 5) is 0. The summed E-state index contributed by atoms with van der Waals surface area (Å²) in [7, 11) is 9.22. The van der Waals surface area contributed by atoms with E-state index in [9.17, 15) is 0 Å². The van der Waals surface area contributed by atoms with Gasteiger partial charge >= 0.3 is 56.4 Å². The Morgan fingerprint density at radius 3 is 1.32 bits per heavy atom. The Balaban J connectivity index is -0.0000000755. The van der Waals surface area contributed by atoms with Crippen molar-refractivity contribution >= 4 is 18.8 Å². The van der Waals surface area contributed by atoms with E-state index in [4.69, 9.17) is 0 Å². The minimum Gasteiger partial charge on any atom is -0.693 e. The zero-order valence-corrected chi connectivity index (χ0v) is 15.7. The molecule has 0 fully saturated rings. The molecule has 19 heavy (non-hydrogen) atoms. The molecule has 12 heteroatoms. The molecule has 2 heterocycles. The second kappa shape index (κ2) is 23.3. The number of nitrogens with two attached hydrogens (primary N) is 4. The van der Waals surface area contributed by atoms with E-state index in [0.717, 1.165) is 6.42 Å². The van der Waals surface area contributed by atoms with Crippen LogP contribution >= 0.6 is 18.8 Å². The number of hydrogen-bond acceptors (Lipinski definition) is 2. The maximum Gasteiger partial charge on any atom is 0.0522 e. The van der Waals surface area contributed by atoms with Gasteiger partial charge in [-0.3, -0.25) is 10.2 Å². The van der Waals surface area contributed by atoms with Gasteiger partial charge < -0.3 is 24.6 Å². The number of halogens is 2. The van der Waals surface area contributed by atoms with Crippen LogP contribution in [-0.4, -0.2) is 20.4 Å². The Morgan fingerprint density at radius 2 is 1.11 bits per heavy atom. The van der Waals surface area contributed by atoms with E-state index in [2.05, 4.69) is 39.2 Å². The molecule has 0 radical (unpaired) electrons. The first-order valence-electron chi connectivity index (χ1n) is 3.64. The van der Waals surface area contributed by atoms with Crippen molar-refractivity contribution in [1.82, 2.24) is 20.4 Å². The number of nitrogens with zero attached hydrogens (tertiary/aromatic N) is 2. The van der Waals surface area contributed by atoms with Crippen LogP contribution in [-0.2, 0) is 44.0 Å². The topological polar surface area (TPSA) is 191 Å². The number of H-pyrrole nitrogens is 2. The summed E-state index contributed by atoms with van der Waals surface area (Å²) in [5.41, 5.74) is 2.35. The van der Waals surface area contributed by atoms with Gasteiger partial charge in [0.25, 0.3) is 0 Å². The van der Waals surface area contributed by atoms with Gasteiger partial charge in [0.15, 0.2) is 0 Å². The molecule has 0 saturated carbocycles. The second-order valence-electron chi connectivity index (χ2n) is 2.39. The van der Waals surface area contributed by atoms with Gasteiger partial charge in [-0.05, 0) is 11.1 Å². The zero-order chi connectivity index (χ0) is 11.5. The number of aromatic nitrogens is 4. The van der Waals surface area contributed by atoms with Gasteiger partial charge in [-0.25, -0.2) is 0 Å². The minimum atomic E-state index is 0. The third-order valence-corrected chi connectivity index (χ3v) is 1.52. The summed E-state index contributed by atoms with van der Waals surface area (Å²) in [6.45, 7) is 0. The van der Waals surface area contributed by atoms with Crippen molar-refractivity contribution in [3.8, 4) is 0 Å². The fourth-order valence-corrected chi connectivity index (χ4v) is 0.984. The fraction of sp³-hybridized carbons (Fsp3) is 0.143. The average Bonchev–Trinajstić information content (AvgIpc) is 2.98. The zero-order valence-electron chi connectivity index (χ0n) is 9.61. The molecule has 0 aliphatic heterocycles. The first kappa shape index (κ1) is 31.6. The van der Waals surface area contributed by atoms with E-state index in [1.165, 1.54) is 11.1 Å². The fourth-order valence-electron chi connectivity index (χ4n) is 0.984. The summed E-state index contributed by atoms with van der Waals surface area (Å²) in [5, 5.41) is 13.2. The summed E-state index contributed by atoms with van der Waals surface area (Å²) >= 11 is 3.22. The Labute approximate surface area is 143 Å².